The molecular formula is C6H14O3. The van der Waals surface area contributed by atoms with Gasteiger partial charge in [0.2, 0.25) is 0 Å². The van der Waals surface area contributed by atoms with Crippen molar-refractivity contribution < 1.29 is 14.2 Å². The number of hydrogen-bond acceptors (Lipinski definition) is 3. The van der Waals surface area contributed by atoms with E-state index in [9.17, 15) is 0 Å². The first-order chi connectivity index (χ1) is 4.20. The fourth-order valence-electron chi connectivity index (χ4n) is 0.430. The Morgan fingerprint density at radius 2 is 1.44 bits per heavy atom. The third kappa shape index (κ3) is 4.39. The Morgan fingerprint density at radius 3 is 1.56 bits per heavy atom. The van der Waals surface area contributed by atoms with Crippen molar-refractivity contribution in [3.63, 3.8) is 0 Å². The highest BCUT2D eigenvalue weighted by atomic mass is 16.8. The number of methoxy groups -OCH3 is 2. The van der Waals surface area contributed by atoms with E-state index in [1.54, 1.807) is 0 Å². The van der Waals surface area contributed by atoms with Crippen molar-refractivity contribution >= 4 is 0 Å². The summed E-state index contributed by atoms with van der Waals surface area (Å²) in [5.74, 6) is 0. The van der Waals surface area contributed by atoms with Crippen LogP contribution < -0.4 is 0 Å². The van der Waals surface area contributed by atoms with Crippen molar-refractivity contribution in [2.24, 2.45) is 0 Å². The second kappa shape index (κ2) is 4.73. The lowest BCUT2D eigenvalue weighted by Crippen LogP contribution is -2.21. The van der Waals surface area contributed by atoms with E-state index in [-0.39, 0.29) is 6.10 Å². The van der Waals surface area contributed by atoms with Gasteiger partial charge in [-0.25, -0.2) is 0 Å². The van der Waals surface area contributed by atoms with Crippen LogP contribution in [0.15, 0.2) is 0 Å². The molecule has 0 aliphatic heterocycles. The molecule has 0 unspecified atom stereocenters. The van der Waals surface area contributed by atoms with Crippen LogP contribution in [0.5, 0.6) is 0 Å². The normalized spacial score (nSPS) is 11.3. The molecule has 0 N–H and O–H groups in total. The van der Waals surface area contributed by atoms with Crippen LogP contribution in [0.25, 0.3) is 0 Å². The van der Waals surface area contributed by atoms with Crippen molar-refractivity contribution in [2.45, 2.75) is 26.4 Å². The summed E-state index contributed by atoms with van der Waals surface area (Å²) in [4.78, 5) is 0. The third-order valence-electron chi connectivity index (χ3n) is 0.768. The maximum Gasteiger partial charge on any atom is 0.271 e. The molecule has 0 aliphatic carbocycles. The van der Waals surface area contributed by atoms with Gasteiger partial charge in [0.15, 0.2) is 0 Å². The molecule has 0 fully saturated rings. The summed E-state index contributed by atoms with van der Waals surface area (Å²) in [5.41, 5.74) is 0. The van der Waals surface area contributed by atoms with Gasteiger partial charge in [-0.1, -0.05) is 0 Å². The topological polar surface area (TPSA) is 27.7 Å². The van der Waals surface area contributed by atoms with Gasteiger partial charge in [0.05, 0.1) is 6.10 Å². The highest BCUT2D eigenvalue weighted by Gasteiger charge is 2.05. The first kappa shape index (κ1) is 8.88. The second-order valence-electron chi connectivity index (χ2n) is 1.94. The van der Waals surface area contributed by atoms with Crippen molar-refractivity contribution in [3.8, 4) is 0 Å². The van der Waals surface area contributed by atoms with Gasteiger partial charge in [-0.3, -0.25) is 0 Å². The summed E-state index contributed by atoms with van der Waals surface area (Å²) in [5, 5.41) is 0. The van der Waals surface area contributed by atoms with E-state index in [1.807, 2.05) is 13.8 Å². The van der Waals surface area contributed by atoms with Crippen molar-refractivity contribution in [1.29, 1.82) is 0 Å². The van der Waals surface area contributed by atoms with E-state index in [4.69, 9.17) is 14.2 Å². The van der Waals surface area contributed by atoms with E-state index in [1.165, 1.54) is 14.2 Å². The summed E-state index contributed by atoms with van der Waals surface area (Å²) >= 11 is 0. The Morgan fingerprint density at radius 1 is 1.00 bits per heavy atom. The highest BCUT2D eigenvalue weighted by molar-refractivity contribution is 4.33. The minimum atomic E-state index is -0.523. The van der Waals surface area contributed by atoms with Gasteiger partial charge in [0.25, 0.3) is 6.48 Å². The second-order valence-corrected chi connectivity index (χ2v) is 1.94. The van der Waals surface area contributed by atoms with Crippen LogP contribution >= 0.6 is 0 Å². The molecule has 0 saturated heterocycles. The lowest BCUT2D eigenvalue weighted by molar-refractivity contribution is -0.278. The van der Waals surface area contributed by atoms with Gasteiger partial charge in [0.1, 0.15) is 0 Å². The summed E-state index contributed by atoms with van der Waals surface area (Å²) in [6.07, 6.45) is 0.134. The fourth-order valence-corrected chi connectivity index (χ4v) is 0.430. The summed E-state index contributed by atoms with van der Waals surface area (Å²) in [6, 6.07) is 0. The zero-order valence-corrected chi connectivity index (χ0v) is 6.38. The molecule has 0 rings (SSSR count). The maximum absolute atomic E-state index is 5.10. The van der Waals surface area contributed by atoms with Crippen LogP contribution in [0, 0.1) is 0 Å². The lowest BCUT2D eigenvalue weighted by atomic mass is 10.5. The van der Waals surface area contributed by atoms with E-state index < -0.39 is 6.48 Å². The minimum Gasteiger partial charge on any atom is -0.333 e. The number of ether oxygens (including phenoxy) is 3. The monoisotopic (exact) mass is 134 g/mol. The van der Waals surface area contributed by atoms with Crippen LogP contribution in [-0.4, -0.2) is 26.8 Å². The van der Waals surface area contributed by atoms with Crippen LogP contribution in [0.2, 0.25) is 0 Å². The minimum absolute atomic E-state index is 0.134. The molecule has 3 heteroatoms. The Bertz CT molecular complexity index is 59.3. The van der Waals surface area contributed by atoms with Gasteiger partial charge in [-0.15, -0.1) is 0 Å². The molecule has 9 heavy (non-hydrogen) atoms. The molecule has 0 aromatic carbocycles. The molecule has 0 spiro atoms. The van der Waals surface area contributed by atoms with Gasteiger partial charge in [-0.2, -0.15) is 0 Å². The molecule has 0 saturated carbocycles. The predicted molar refractivity (Wildman–Crippen MR) is 34.0 cm³/mol. The maximum atomic E-state index is 5.10. The quantitative estimate of drug-likeness (QED) is 0.536. The Kier molecular flexibility index (Phi) is 4.67. The Labute approximate surface area is 55.9 Å². The molecule has 0 atom stereocenters. The first-order valence-electron chi connectivity index (χ1n) is 2.91. The summed E-state index contributed by atoms with van der Waals surface area (Å²) < 4.78 is 14.6. The van der Waals surface area contributed by atoms with E-state index in [0.717, 1.165) is 0 Å². The van der Waals surface area contributed by atoms with Gasteiger partial charge >= 0.3 is 0 Å². The highest BCUT2D eigenvalue weighted by Crippen LogP contribution is 1.97. The fraction of sp³-hybridized carbons (Fsp3) is 1.00. The molecular weight excluding hydrogens is 120 g/mol. The van der Waals surface area contributed by atoms with E-state index >= 15 is 0 Å². The Hall–Kier alpha value is -0.120. The van der Waals surface area contributed by atoms with Crippen LogP contribution in [0.4, 0.5) is 0 Å². The van der Waals surface area contributed by atoms with Gasteiger partial charge in [0, 0.05) is 14.2 Å². The van der Waals surface area contributed by atoms with Gasteiger partial charge in [-0.05, 0) is 13.8 Å². The van der Waals surface area contributed by atoms with Crippen LogP contribution in [0.3, 0.4) is 0 Å². The average Bonchev–Trinajstić information content (AvgIpc) is 1.82. The SMILES string of the molecule is COC(OC)OC(C)C. The summed E-state index contributed by atoms with van der Waals surface area (Å²) in [6.45, 7) is 3.32. The van der Waals surface area contributed by atoms with Crippen molar-refractivity contribution in [1.82, 2.24) is 0 Å². The third-order valence-corrected chi connectivity index (χ3v) is 0.768. The summed E-state index contributed by atoms with van der Waals surface area (Å²) in [7, 11) is 3.08. The molecule has 0 aromatic rings. The molecule has 0 radical (unpaired) electrons. The molecule has 0 bridgehead atoms. The average molecular weight is 134 g/mol. The number of rotatable bonds is 4. The van der Waals surface area contributed by atoms with Crippen molar-refractivity contribution in [2.75, 3.05) is 14.2 Å². The smallest absolute Gasteiger partial charge is 0.271 e. The van der Waals surface area contributed by atoms with Crippen LogP contribution in [0.1, 0.15) is 13.8 Å². The zero-order chi connectivity index (χ0) is 7.28. The molecule has 0 aliphatic rings. The molecule has 0 heterocycles. The standard InChI is InChI=1S/C6H14O3/c1-5(2)9-6(7-3)8-4/h5-6H,1-4H3. The lowest BCUT2D eigenvalue weighted by Gasteiger charge is -2.15. The van der Waals surface area contributed by atoms with Crippen LogP contribution in [-0.2, 0) is 14.2 Å². The molecule has 0 amide bonds. The Balaban J connectivity index is 3.31. The zero-order valence-electron chi connectivity index (χ0n) is 6.38. The number of hydrogen-bond donors (Lipinski definition) is 0. The van der Waals surface area contributed by atoms with E-state index in [2.05, 4.69) is 0 Å². The van der Waals surface area contributed by atoms with Gasteiger partial charge < -0.3 is 14.2 Å². The van der Waals surface area contributed by atoms with Crippen molar-refractivity contribution in [3.05, 3.63) is 0 Å². The molecule has 56 valence electrons. The first-order valence-corrected chi connectivity index (χ1v) is 2.91. The van der Waals surface area contributed by atoms with E-state index in [0.29, 0.717) is 0 Å². The predicted octanol–water partition coefficient (Wildman–Crippen LogP) is 0.988. The molecule has 0 aromatic heterocycles. The molecule has 3 nitrogen and oxygen atoms in total. The largest absolute Gasteiger partial charge is 0.333 e.